The maximum atomic E-state index is 11.9. The average molecular weight is 300 g/mol. The fraction of sp³-hybridized carbons (Fsp3) is 0.182. The Bertz CT molecular complexity index is 472. The minimum absolute atomic E-state index is 0.260. The third-order valence-corrected chi connectivity index (χ3v) is 2.48. The number of imide groups is 1. The monoisotopic (exact) mass is 299 g/mol. The maximum absolute atomic E-state index is 11.9. The first-order valence-electron chi connectivity index (χ1n) is 4.71. The van der Waals surface area contributed by atoms with Crippen LogP contribution in [0.3, 0.4) is 0 Å². The molecule has 0 unspecified atom stereocenters. The van der Waals surface area contributed by atoms with Crippen molar-refractivity contribution in [1.82, 2.24) is 4.90 Å². The van der Waals surface area contributed by atoms with Gasteiger partial charge in [0.2, 0.25) is 5.91 Å². The number of nitrogens with zero attached hydrogens (tertiary/aromatic N) is 1. The van der Waals surface area contributed by atoms with Crippen molar-refractivity contribution < 1.29 is 19.5 Å². The molecule has 5 nitrogen and oxygen atoms in total. The highest BCUT2D eigenvalue weighted by atomic mass is 79.9. The highest BCUT2D eigenvalue weighted by molar-refractivity contribution is 9.10. The molecule has 90 valence electrons. The Balaban J connectivity index is 3.00. The SMILES string of the molecule is CC(=O)N(CC(=O)O)C(=O)c1cccc(Br)c1. The van der Waals surface area contributed by atoms with Crippen LogP contribution in [0.1, 0.15) is 17.3 Å². The van der Waals surface area contributed by atoms with Crippen LogP contribution in [0.5, 0.6) is 0 Å². The fourth-order valence-corrected chi connectivity index (χ4v) is 1.64. The maximum Gasteiger partial charge on any atom is 0.323 e. The largest absolute Gasteiger partial charge is 0.480 e. The van der Waals surface area contributed by atoms with Crippen molar-refractivity contribution in [2.45, 2.75) is 6.92 Å². The second-order valence-corrected chi connectivity index (χ2v) is 4.23. The van der Waals surface area contributed by atoms with Gasteiger partial charge < -0.3 is 5.11 Å². The van der Waals surface area contributed by atoms with E-state index in [2.05, 4.69) is 15.9 Å². The van der Waals surface area contributed by atoms with Crippen molar-refractivity contribution in [2.75, 3.05) is 6.54 Å². The molecular formula is C11H10BrNO4. The summed E-state index contributed by atoms with van der Waals surface area (Å²) >= 11 is 3.20. The number of carboxylic acids is 1. The van der Waals surface area contributed by atoms with Gasteiger partial charge in [0, 0.05) is 17.0 Å². The number of hydrogen-bond acceptors (Lipinski definition) is 3. The fourth-order valence-electron chi connectivity index (χ4n) is 1.24. The van der Waals surface area contributed by atoms with Gasteiger partial charge in [-0.2, -0.15) is 0 Å². The zero-order valence-electron chi connectivity index (χ0n) is 9.01. The third kappa shape index (κ3) is 3.67. The van der Waals surface area contributed by atoms with Gasteiger partial charge in [0.15, 0.2) is 0 Å². The smallest absolute Gasteiger partial charge is 0.323 e. The van der Waals surface area contributed by atoms with Gasteiger partial charge in [-0.1, -0.05) is 22.0 Å². The molecule has 0 aliphatic heterocycles. The second-order valence-electron chi connectivity index (χ2n) is 3.31. The lowest BCUT2D eigenvalue weighted by Crippen LogP contribution is -2.39. The molecule has 0 aromatic heterocycles. The van der Waals surface area contributed by atoms with Crippen LogP contribution in [0.15, 0.2) is 28.7 Å². The number of halogens is 1. The molecule has 1 rings (SSSR count). The second kappa shape index (κ2) is 5.58. The zero-order valence-corrected chi connectivity index (χ0v) is 10.6. The Morgan fingerprint density at radius 1 is 1.35 bits per heavy atom. The Labute approximate surface area is 106 Å². The predicted molar refractivity (Wildman–Crippen MR) is 63.5 cm³/mol. The van der Waals surface area contributed by atoms with Gasteiger partial charge in [0.1, 0.15) is 6.54 Å². The molecule has 2 amide bonds. The minimum Gasteiger partial charge on any atom is -0.480 e. The first-order chi connectivity index (χ1) is 7.91. The third-order valence-electron chi connectivity index (χ3n) is 1.99. The van der Waals surface area contributed by atoms with Crippen LogP contribution in [-0.4, -0.2) is 34.3 Å². The van der Waals surface area contributed by atoms with Crippen LogP contribution in [0.25, 0.3) is 0 Å². The lowest BCUT2D eigenvalue weighted by molar-refractivity contribution is -0.142. The van der Waals surface area contributed by atoms with E-state index in [-0.39, 0.29) is 5.56 Å². The van der Waals surface area contributed by atoms with Crippen molar-refractivity contribution in [2.24, 2.45) is 0 Å². The van der Waals surface area contributed by atoms with E-state index in [1.54, 1.807) is 12.1 Å². The Hall–Kier alpha value is -1.69. The number of carbonyl (C=O) groups excluding carboxylic acids is 2. The van der Waals surface area contributed by atoms with Crippen LogP contribution >= 0.6 is 15.9 Å². The van der Waals surface area contributed by atoms with Gasteiger partial charge in [-0.15, -0.1) is 0 Å². The Kier molecular flexibility index (Phi) is 4.39. The molecule has 1 N–H and O–H groups in total. The van der Waals surface area contributed by atoms with Crippen LogP contribution in [0, 0.1) is 0 Å². The summed E-state index contributed by atoms with van der Waals surface area (Å²) in [6.45, 7) is 0.513. The summed E-state index contributed by atoms with van der Waals surface area (Å²) in [5.41, 5.74) is 0.260. The van der Waals surface area contributed by atoms with Crippen molar-refractivity contribution in [1.29, 1.82) is 0 Å². The van der Waals surface area contributed by atoms with E-state index in [1.165, 1.54) is 12.1 Å². The van der Waals surface area contributed by atoms with Crippen molar-refractivity contribution in [3.05, 3.63) is 34.3 Å². The van der Waals surface area contributed by atoms with E-state index in [9.17, 15) is 14.4 Å². The number of rotatable bonds is 3. The zero-order chi connectivity index (χ0) is 13.0. The molecule has 0 bridgehead atoms. The number of carboxylic acid groups (broad SMARTS) is 1. The number of amides is 2. The number of benzene rings is 1. The molecule has 0 saturated heterocycles. The van der Waals surface area contributed by atoms with Gasteiger partial charge in [-0.25, -0.2) is 0 Å². The molecule has 0 aliphatic rings. The molecule has 6 heteroatoms. The molecule has 0 aliphatic carbocycles. The van der Waals surface area contributed by atoms with Gasteiger partial charge in [-0.05, 0) is 18.2 Å². The van der Waals surface area contributed by atoms with Gasteiger partial charge in [-0.3, -0.25) is 19.3 Å². The van der Waals surface area contributed by atoms with Crippen LogP contribution in [-0.2, 0) is 9.59 Å². The highest BCUT2D eigenvalue weighted by Crippen LogP contribution is 2.13. The molecule has 17 heavy (non-hydrogen) atoms. The molecular weight excluding hydrogens is 290 g/mol. The van der Waals surface area contributed by atoms with Gasteiger partial charge >= 0.3 is 5.97 Å². The molecule has 0 heterocycles. The van der Waals surface area contributed by atoms with Gasteiger partial charge in [0.05, 0.1) is 0 Å². The summed E-state index contributed by atoms with van der Waals surface area (Å²) in [5, 5.41) is 8.63. The van der Waals surface area contributed by atoms with Crippen molar-refractivity contribution >= 4 is 33.7 Å². The molecule has 1 aromatic carbocycles. The normalized spacial score (nSPS) is 9.76. The summed E-state index contributed by atoms with van der Waals surface area (Å²) < 4.78 is 0.683. The number of aliphatic carboxylic acids is 1. The summed E-state index contributed by atoms with van der Waals surface area (Å²) in [5.74, 6) is -2.46. The number of hydrogen-bond donors (Lipinski definition) is 1. The van der Waals surface area contributed by atoms with Crippen molar-refractivity contribution in [3.8, 4) is 0 Å². The molecule has 0 radical (unpaired) electrons. The summed E-state index contributed by atoms with van der Waals surface area (Å²) in [6, 6.07) is 6.41. The first-order valence-corrected chi connectivity index (χ1v) is 5.51. The van der Waals surface area contributed by atoms with E-state index in [4.69, 9.17) is 5.11 Å². The lowest BCUT2D eigenvalue weighted by atomic mass is 10.2. The molecule has 0 saturated carbocycles. The Morgan fingerprint density at radius 3 is 2.47 bits per heavy atom. The number of carbonyl (C=O) groups is 3. The topological polar surface area (TPSA) is 74.7 Å². The molecule has 0 atom stereocenters. The minimum atomic E-state index is -1.23. The standard InChI is InChI=1S/C11H10BrNO4/c1-7(14)13(6-10(15)16)11(17)8-3-2-4-9(12)5-8/h2-5H,6H2,1H3,(H,15,16). The molecule has 1 aromatic rings. The quantitative estimate of drug-likeness (QED) is 0.918. The van der Waals surface area contributed by atoms with E-state index < -0.39 is 24.3 Å². The first kappa shape index (κ1) is 13.4. The summed E-state index contributed by atoms with van der Waals surface area (Å²) in [6.07, 6.45) is 0. The van der Waals surface area contributed by atoms with Crippen LogP contribution < -0.4 is 0 Å². The van der Waals surface area contributed by atoms with E-state index in [0.717, 1.165) is 6.92 Å². The summed E-state index contributed by atoms with van der Waals surface area (Å²) in [4.78, 5) is 34.4. The van der Waals surface area contributed by atoms with Crippen molar-refractivity contribution in [3.63, 3.8) is 0 Å². The average Bonchev–Trinajstić information content (AvgIpc) is 2.24. The van der Waals surface area contributed by atoms with E-state index >= 15 is 0 Å². The lowest BCUT2D eigenvalue weighted by Gasteiger charge is -2.16. The van der Waals surface area contributed by atoms with E-state index in [0.29, 0.717) is 9.37 Å². The Morgan fingerprint density at radius 2 is 2.00 bits per heavy atom. The molecule has 0 spiro atoms. The van der Waals surface area contributed by atoms with Gasteiger partial charge in [0.25, 0.3) is 5.91 Å². The van der Waals surface area contributed by atoms with E-state index in [1.807, 2.05) is 0 Å². The highest BCUT2D eigenvalue weighted by Gasteiger charge is 2.22. The van der Waals surface area contributed by atoms with Crippen LogP contribution in [0.4, 0.5) is 0 Å². The summed E-state index contributed by atoms with van der Waals surface area (Å²) in [7, 11) is 0. The molecule has 0 fully saturated rings. The van der Waals surface area contributed by atoms with Crippen LogP contribution in [0.2, 0.25) is 0 Å². The predicted octanol–water partition coefficient (Wildman–Crippen LogP) is 1.52.